The first kappa shape index (κ1) is 14.0. The number of aliphatic hydroxyl groups is 4. The van der Waals surface area contributed by atoms with Crippen LogP contribution in [0.5, 0.6) is 5.75 Å². The zero-order valence-electron chi connectivity index (χ0n) is 10.1. The molecule has 1 fully saturated rings. The molecule has 1 saturated heterocycles. The van der Waals surface area contributed by atoms with Gasteiger partial charge >= 0.3 is 0 Å². The van der Waals surface area contributed by atoms with Gasteiger partial charge in [0, 0.05) is 5.69 Å². The van der Waals surface area contributed by atoms with Crippen molar-refractivity contribution in [2.24, 2.45) is 0 Å². The van der Waals surface area contributed by atoms with E-state index in [0.29, 0.717) is 11.4 Å². The summed E-state index contributed by atoms with van der Waals surface area (Å²) < 4.78 is 10.6. The maximum atomic E-state index is 9.77. The number of nitrogens with two attached hydrogens (primary N) is 1. The van der Waals surface area contributed by atoms with E-state index in [2.05, 4.69) is 0 Å². The van der Waals surface area contributed by atoms with Gasteiger partial charge in [0.05, 0.1) is 6.61 Å². The van der Waals surface area contributed by atoms with Crippen molar-refractivity contribution in [3.05, 3.63) is 24.3 Å². The van der Waals surface area contributed by atoms with Crippen LogP contribution >= 0.6 is 0 Å². The van der Waals surface area contributed by atoms with Crippen molar-refractivity contribution in [2.45, 2.75) is 30.7 Å². The highest BCUT2D eigenvalue weighted by molar-refractivity contribution is 5.41. The summed E-state index contributed by atoms with van der Waals surface area (Å²) in [7, 11) is 0. The number of aliphatic hydroxyl groups excluding tert-OH is 4. The van der Waals surface area contributed by atoms with Gasteiger partial charge in [0.15, 0.2) is 0 Å². The van der Waals surface area contributed by atoms with Crippen LogP contribution in [0.25, 0.3) is 0 Å². The summed E-state index contributed by atoms with van der Waals surface area (Å²) in [5, 5.41) is 38.0. The Balaban J connectivity index is 2.08. The lowest BCUT2D eigenvalue weighted by molar-refractivity contribution is -0.277. The Morgan fingerprint density at radius 1 is 1.05 bits per heavy atom. The SMILES string of the molecule is Nc1ccc(O[C@@H]2O[C@H](CO)[C@@H](O)[C@H](O)[C@H]2O)cc1. The Hall–Kier alpha value is -1.38. The Labute approximate surface area is 109 Å². The Morgan fingerprint density at radius 2 is 1.68 bits per heavy atom. The lowest BCUT2D eigenvalue weighted by Crippen LogP contribution is -2.60. The van der Waals surface area contributed by atoms with Gasteiger partial charge < -0.3 is 35.6 Å². The van der Waals surface area contributed by atoms with Gasteiger partial charge in [-0.2, -0.15) is 0 Å². The van der Waals surface area contributed by atoms with Crippen molar-refractivity contribution in [3.8, 4) is 5.75 Å². The molecule has 0 bridgehead atoms. The van der Waals surface area contributed by atoms with E-state index in [0.717, 1.165) is 0 Å². The lowest BCUT2D eigenvalue weighted by Gasteiger charge is -2.39. The molecule has 0 spiro atoms. The van der Waals surface area contributed by atoms with Crippen molar-refractivity contribution >= 4 is 5.69 Å². The maximum Gasteiger partial charge on any atom is 0.229 e. The summed E-state index contributed by atoms with van der Waals surface area (Å²) in [6.07, 6.45) is -6.44. The third-order valence-corrected chi connectivity index (χ3v) is 2.98. The zero-order valence-corrected chi connectivity index (χ0v) is 10.1. The largest absolute Gasteiger partial charge is 0.462 e. The van der Waals surface area contributed by atoms with E-state index < -0.39 is 37.3 Å². The minimum Gasteiger partial charge on any atom is -0.462 e. The van der Waals surface area contributed by atoms with Gasteiger partial charge in [0.2, 0.25) is 6.29 Å². The number of benzene rings is 1. The van der Waals surface area contributed by atoms with Crippen LogP contribution in [0.15, 0.2) is 24.3 Å². The summed E-state index contributed by atoms with van der Waals surface area (Å²) in [5.41, 5.74) is 6.09. The van der Waals surface area contributed by atoms with E-state index in [1.165, 1.54) is 0 Å². The minimum atomic E-state index is -1.45. The molecule has 0 aromatic heterocycles. The molecule has 0 unspecified atom stereocenters. The molecule has 7 heteroatoms. The second-order valence-electron chi connectivity index (χ2n) is 4.38. The van der Waals surface area contributed by atoms with Crippen molar-refractivity contribution < 1.29 is 29.9 Å². The van der Waals surface area contributed by atoms with Crippen molar-refractivity contribution in [1.82, 2.24) is 0 Å². The summed E-state index contributed by atoms with van der Waals surface area (Å²) in [6.45, 7) is -0.494. The number of rotatable bonds is 3. The third-order valence-electron chi connectivity index (χ3n) is 2.98. The normalized spacial score (nSPS) is 35.1. The highest BCUT2D eigenvalue weighted by atomic mass is 16.7. The van der Waals surface area contributed by atoms with Crippen LogP contribution in [-0.2, 0) is 4.74 Å². The second kappa shape index (κ2) is 5.72. The average Bonchev–Trinajstić information content (AvgIpc) is 2.42. The molecule has 0 saturated carbocycles. The van der Waals surface area contributed by atoms with E-state index in [1.54, 1.807) is 24.3 Å². The molecule has 106 valence electrons. The van der Waals surface area contributed by atoms with Crippen molar-refractivity contribution in [2.75, 3.05) is 12.3 Å². The van der Waals surface area contributed by atoms with E-state index in [4.69, 9.17) is 20.3 Å². The van der Waals surface area contributed by atoms with Crippen LogP contribution in [0.1, 0.15) is 0 Å². The number of hydrogen-bond acceptors (Lipinski definition) is 7. The first-order valence-corrected chi connectivity index (χ1v) is 5.85. The van der Waals surface area contributed by atoms with Crippen molar-refractivity contribution in [3.63, 3.8) is 0 Å². The molecule has 0 radical (unpaired) electrons. The quantitative estimate of drug-likeness (QED) is 0.421. The monoisotopic (exact) mass is 271 g/mol. The Morgan fingerprint density at radius 3 is 2.26 bits per heavy atom. The first-order valence-electron chi connectivity index (χ1n) is 5.85. The molecular weight excluding hydrogens is 254 g/mol. The van der Waals surface area contributed by atoms with Crippen LogP contribution in [-0.4, -0.2) is 57.7 Å². The molecule has 2 rings (SSSR count). The molecule has 0 amide bonds. The molecule has 19 heavy (non-hydrogen) atoms. The molecule has 1 aliphatic heterocycles. The smallest absolute Gasteiger partial charge is 0.229 e. The second-order valence-corrected chi connectivity index (χ2v) is 4.38. The summed E-state index contributed by atoms with van der Waals surface area (Å²) in [6, 6.07) is 6.38. The van der Waals surface area contributed by atoms with Gasteiger partial charge in [-0.1, -0.05) is 0 Å². The fraction of sp³-hybridized carbons (Fsp3) is 0.500. The summed E-state index contributed by atoms with van der Waals surface area (Å²) >= 11 is 0. The predicted octanol–water partition coefficient (Wildman–Crippen LogP) is -1.55. The Kier molecular flexibility index (Phi) is 4.23. The maximum absolute atomic E-state index is 9.77. The highest BCUT2D eigenvalue weighted by Crippen LogP contribution is 2.24. The van der Waals surface area contributed by atoms with E-state index in [9.17, 15) is 15.3 Å². The minimum absolute atomic E-state index is 0.388. The van der Waals surface area contributed by atoms with Crippen LogP contribution in [0.3, 0.4) is 0 Å². The topological polar surface area (TPSA) is 125 Å². The average molecular weight is 271 g/mol. The van der Waals surface area contributed by atoms with Gasteiger partial charge in [-0.3, -0.25) is 0 Å². The van der Waals surface area contributed by atoms with Crippen LogP contribution in [0, 0.1) is 0 Å². The molecular formula is C12H17NO6. The molecule has 1 aliphatic rings. The number of anilines is 1. The van der Waals surface area contributed by atoms with Crippen LogP contribution in [0.2, 0.25) is 0 Å². The number of ether oxygens (including phenoxy) is 2. The zero-order chi connectivity index (χ0) is 14.0. The molecule has 6 N–H and O–H groups in total. The predicted molar refractivity (Wildman–Crippen MR) is 65.2 cm³/mol. The van der Waals surface area contributed by atoms with Crippen LogP contribution < -0.4 is 10.5 Å². The number of hydrogen-bond donors (Lipinski definition) is 5. The highest BCUT2D eigenvalue weighted by Gasteiger charge is 2.44. The van der Waals surface area contributed by atoms with Gasteiger partial charge in [0.25, 0.3) is 0 Å². The van der Waals surface area contributed by atoms with E-state index in [1.807, 2.05) is 0 Å². The molecule has 5 atom stereocenters. The van der Waals surface area contributed by atoms with Crippen molar-refractivity contribution in [1.29, 1.82) is 0 Å². The molecule has 1 aromatic rings. The van der Waals surface area contributed by atoms with Gasteiger partial charge in [-0.15, -0.1) is 0 Å². The molecule has 0 aliphatic carbocycles. The van der Waals surface area contributed by atoms with E-state index >= 15 is 0 Å². The van der Waals surface area contributed by atoms with Crippen LogP contribution in [0.4, 0.5) is 5.69 Å². The molecule has 7 nitrogen and oxygen atoms in total. The fourth-order valence-corrected chi connectivity index (χ4v) is 1.85. The summed E-state index contributed by atoms with van der Waals surface area (Å²) in [5.74, 6) is 0.388. The first-order chi connectivity index (χ1) is 9.02. The van der Waals surface area contributed by atoms with Gasteiger partial charge in [-0.05, 0) is 24.3 Å². The number of nitrogen functional groups attached to an aromatic ring is 1. The van der Waals surface area contributed by atoms with E-state index in [-0.39, 0.29) is 0 Å². The summed E-state index contributed by atoms with van der Waals surface area (Å²) in [4.78, 5) is 0. The third kappa shape index (κ3) is 2.96. The lowest BCUT2D eigenvalue weighted by atomic mass is 9.99. The standard InChI is InChI=1S/C12H17NO6/c13-6-1-3-7(4-2-6)18-12-11(17)10(16)9(15)8(5-14)19-12/h1-4,8-12,14-17H,5,13H2/t8-,9-,10+,11-,12-/m1/s1. The fourth-order valence-electron chi connectivity index (χ4n) is 1.85. The van der Waals surface area contributed by atoms with Gasteiger partial charge in [-0.25, -0.2) is 0 Å². The van der Waals surface area contributed by atoms with Gasteiger partial charge in [0.1, 0.15) is 30.2 Å². The molecule has 1 aromatic carbocycles. The Bertz CT molecular complexity index is 409. The molecule has 1 heterocycles.